The molecular formula is C21H20Cl2N2O2S. The Balaban J connectivity index is 1.79. The van der Waals surface area contributed by atoms with Crippen LogP contribution in [0.15, 0.2) is 47.6 Å². The number of amides is 1. The molecule has 146 valence electrons. The number of carbonyl (C=O) groups is 1. The molecule has 1 heterocycles. The van der Waals surface area contributed by atoms with E-state index in [4.69, 9.17) is 27.9 Å². The molecule has 0 aliphatic carbocycles. The molecule has 0 saturated heterocycles. The van der Waals surface area contributed by atoms with Crippen LogP contribution in [0.5, 0.6) is 5.75 Å². The molecule has 0 fully saturated rings. The molecule has 0 unspecified atom stereocenters. The molecule has 0 aliphatic rings. The van der Waals surface area contributed by atoms with Gasteiger partial charge >= 0.3 is 0 Å². The van der Waals surface area contributed by atoms with Crippen LogP contribution in [0.25, 0.3) is 10.1 Å². The van der Waals surface area contributed by atoms with Crippen molar-refractivity contribution in [3.63, 3.8) is 0 Å². The number of hydrazone groups is 1. The zero-order valence-electron chi connectivity index (χ0n) is 15.8. The van der Waals surface area contributed by atoms with Gasteiger partial charge in [0.2, 0.25) is 0 Å². The smallest absolute Gasteiger partial charge is 0.283 e. The van der Waals surface area contributed by atoms with Crippen LogP contribution >= 0.6 is 34.5 Å². The summed E-state index contributed by atoms with van der Waals surface area (Å²) in [5.41, 5.74) is 4.31. The predicted octanol–water partition coefficient (Wildman–Crippen LogP) is 6.54. The fourth-order valence-electron chi connectivity index (χ4n) is 2.70. The van der Waals surface area contributed by atoms with E-state index in [0.717, 1.165) is 27.1 Å². The van der Waals surface area contributed by atoms with E-state index in [9.17, 15) is 4.79 Å². The molecule has 4 nitrogen and oxygen atoms in total. The lowest BCUT2D eigenvalue weighted by molar-refractivity contribution is 0.0959. The number of nitrogens with one attached hydrogen (secondary N) is 1. The van der Waals surface area contributed by atoms with Crippen molar-refractivity contribution in [1.82, 2.24) is 5.43 Å². The molecule has 7 heteroatoms. The Morgan fingerprint density at radius 3 is 2.54 bits per heavy atom. The van der Waals surface area contributed by atoms with Crippen molar-refractivity contribution in [2.75, 3.05) is 0 Å². The fourth-order valence-corrected chi connectivity index (χ4v) is 4.38. The SMILES string of the molecule is CC/C(=N\NC(=O)c1sc2cc(Cl)ccc2c1Cl)c1ccc(OC(C)C)cc1. The first-order valence-corrected chi connectivity index (χ1v) is 10.5. The van der Waals surface area contributed by atoms with Crippen molar-refractivity contribution in [3.8, 4) is 5.75 Å². The summed E-state index contributed by atoms with van der Waals surface area (Å²) >= 11 is 13.7. The number of hydrogen-bond acceptors (Lipinski definition) is 4. The van der Waals surface area contributed by atoms with E-state index in [0.29, 0.717) is 21.3 Å². The lowest BCUT2D eigenvalue weighted by Gasteiger charge is -2.10. The minimum absolute atomic E-state index is 0.116. The third-order valence-electron chi connectivity index (χ3n) is 3.98. The zero-order chi connectivity index (χ0) is 20.3. The number of hydrogen-bond donors (Lipinski definition) is 1. The molecule has 1 amide bonds. The topological polar surface area (TPSA) is 50.7 Å². The Labute approximate surface area is 178 Å². The van der Waals surface area contributed by atoms with Crippen molar-refractivity contribution in [1.29, 1.82) is 0 Å². The number of fused-ring (bicyclic) bond motifs is 1. The molecule has 28 heavy (non-hydrogen) atoms. The average molecular weight is 435 g/mol. The molecule has 2 aromatic carbocycles. The highest BCUT2D eigenvalue weighted by molar-refractivity contribution is 7.21. The number of carbonyl (C=O) groups excluding carboxylic acids is 1. The van der Waals surface area contributed by atoms with E-state index < -0.39 is 0 Å². The number of nitrogens with zero attached hydrogens (tertiary/aromatic N) is 1. The van der Waals surface area contributed by atoms with Gasteiger partial charge in [0, 0.05) is 15.1 Å². The minimum Gasteiger partial charge on any atom is -0.491 e. The quantitative estimate of drug-likeness (QED) is 0.353. The zero-order valence-corrected chi connectivity index (χ0v) is 18.1. The summed E-state index contributed by atoms with van der Waals surface area (Å²) in [5, 5.41) is 6.13. The van der Waals surface area contributed by atoms with Crippen LogP contribution in [-0.2, 0) is 0 Å². The van der Waals surface area contributed by atoms with Crippen LogP contribution in [0.1, 0.15) is 42.4 Å². The van der Waals surface area contributed by atoms with Crippen LogP contribution in [0.2, 0.25) is 10.0 Å². The number of thiophene rings is 1. The van der Waals surface area contributed by atoms with Crippen LogP contribution in [0.3, 0.4) is 0 Å². The van der Waals surface area contributed by atoms with E-state index >= 15 is 0 Å². The largest absolute Gasteiger partial charge is 0.491 e. The van der Waals surface area contributed by atoms with Crippen molar-refractivity contribution < 1.29 is 9.53 Å². The fraction of sp³-hybridized carbons (Fsp3) is 0.238. The lowest BCUT2D eigenvalue weighted by Crippen LogP contribution is -2.19. The van der Waals surface area contributed by atoms with Gasteiger partial charge in [-0.2, -0.15) is 5.10 Å². The summed E-state index contributed by atoms with van der Waals surface area (Å²) in [5.74, 6) is 0.460. The Hall–Kier alpha value is -2.08. The number of ether oxygens (including phenoxy) is 1. The standard InChI is InChI=1S/C21H20Cl2N2O2S/c1-4-17(13-5-8-15(9-6-13)27-12(2)3)24-25-21(26)20-19(23)16-10-7-14(22)11-18(16)28-20/h5-12H,4H2,1-3H3,(H,25,26)/b24-17+. The lowest BCUT2D eigenvalue weighted by atomic mass is 10.1. The van der Waals surface area contributed by atoms with E-state index in [2.05, 4.69) is 10.5 Å². The van der Waals surface area contributed by atoms with Crippen molar-refractivity contribution >= 4 is 56.2 Å². The van der Waals surface area contributed by atoms with Gasteiger partial charge in [-0.05, 0) is 62.2 Å². The normalized spacial score (nSPS) is 11.9. The van der Waals surface area contributed by atoms with Gasteiger partial charge in [0.05, 0.1) is 16.8 Å². The first-order valence-electron chi connectivity index (χ1n) is 8.90. The molecule has 0 bridgehead atoms. The first kappa shape index (κ1) is 20.6. The molecule has 0 aliphatic heterocycles. The summed E-state index contributed by atoms with van der Waals surface area (Å²) in [6.45, 7) is 5.95. The van der Waals surface area contributed by atoms with Crippen molar-refractivity contribution in [3.05, 3.63) is 63.0 Å². The van der Waals surface area contributed by atoms with E-state index in [1.165, 1.54) is 11.3 Å². The molecule has 0 radical (unpaired) electrons. The second kappa shape index (κ2) is 8.95. The van der Waals surface area contributed by atoms with Crippen LogP contribution < -0.4 is 10.2 Å². The maximum absolute atomic E-state index is 12.6. The van der Waals surface area contributed by atoms with Crippen molar-refractivity contribution in [2.45, 2.75) is 33.3 Å². The summed E-state index contributed by atoms with van der Waals surface area (Å²) in [7, 11) is 0. The molecule has 0 saturated carbocycles. The number of rotatable bonds is 6. The second-order valence-electron chi connectivity index (χ2n) is 6.43. The molecule has 3 rings (SSSR count). The van der Waals surface area contributed by atoms with Crippen LogP contribution in [0, 0.1) is 0 Å². The monoisotopic (exact) mass is 434 g/mol. The third kappa shape index (κ3) is 4.66. The Morgan fingerprint density at radius 2 is 1.89 bits per heavy atom. The predicted molar refractivity (Wildman–Crippen MR) is 118 cm³/mol. The molecular weight excluding hydrogens is 415 g/mol. The highest BCUT2D eigenvalue weighted by Crippen LogP contribution is 2.36. The summed E-state index contributed by atoms with van der Waals surface area (Å²) in [6.07, 6.45) is 0.783. The molecule has 0 spiro atoms. The van der Waals surface area contributed by atoms with E-state index in [-0.39, 0.29) is 12.0 Å². The van der Waals surface area contributed by atoms with Gasteiger partial charge in [-0.3, -0.25) is 4.79 Å². The first-order chi connectivity index (χ1) is 13.4. The Morgan fingerprint density at radius 1 is 1.18 bits per heavy atom. The summed E-state index contributed by atoms with van der Waals surface area (Å²) in [6, 6.07) is 13.0. The van der Waals surface area contributed by atoms with Gasteiger partial charge in [0.1, 0.15) is 10.6 Å². The second-order valence-corrected chi connectivity index (χ2v) is 8.30. The average Bonchev–Trinajstić information content (AvgIpc) is 2.98. The van der Waals surface area contributed by atoms with Crippen LogP contribution in [0.4, 0.5) is 0 Å². The molecule has 1 aromatic heterocycles. The van der Waals surface area contributed by atoms with E-state index in [1.54, 1.807) is 12.1 Å². The molecule has 3 aromatic rings. The third-order valence-corrected chi connectivity index (χ3v) is 5.88. The van der Waals surface area contributed by atoms with Gasteiger partial charge in [-0.15, -0.1) is 11.3 Å². The molecule has 1 N–H and O–H groups in total. The van der Waals surface area contributed by atoms with E-state index in [1.807, 2.05) is 51.1 Å². The number of benzene rings is 2. The van der Waals surface area contributed by atoms with Gasteiger partial charge < -0.3 is 4.74 Å². The van der Waals surface area contributed by atoms with Gasteiger partial charge in [0.15, 0.2) is 0 Å². The maximum atomic E-state index is 12.6. The number of halogens is 2. The molecule has 0 atom stereocenters. The van der Waals surface area contributed by atoms with Gasteiger partial charge in [0.25, 0.3) is 5.91 Å². The van der Waals surface area contributed by atoms with Crippen molar-refractivity contribution in [2.24, 2.45) is 5.10 Å². The highest BCUT2D eigenvalue weighted by Gasteiger charge is 2.17. The summed E-state index contributed by atoms with van der Waals surface area (Å²) < 4.78 is 6.52. The Bertz CT molecular complexity index is 1030. The summed E-state index contributed by atoms with van der Waals surface area (Å²) in [4.78, 5) is 13.0. The maximum Gasteiger partial charge on any atom is 0.283 e. The minimum atomic E-state index is -0.340. The van der Waals surface area contributed by atoms with Crippen LogP contribution in [-0.4, -0.2) is 17.7 Å². The highest BCUT2D eigenvalue weighted by atomic mass is 35.5. The van der Waals surface area contributed by atoms with Gasteiger partial charge in [-0.25, -0.2) is 5.43 Å². The van der Waals surface area contributed by atoms with Gasteiger partial charge in [-0.1, -0.05) is 36.2 Å². The Kier molecular flexibility index (Phi) is 6.60.